The van der Waals surface area contributed by atoms with Crippen LogP contribution in [-0.4, -0.2) is 44.9 Å². The molecule has 1 N–H and O–H groups in total. The summed E-state index contributed by atoms with van der Waals surface area (Å²) in [6.07, 6.45) is 0. The Hall–Kier alpha value is -2.09. The highest BCUT2D eigenvalue weighted by Crippen LogP contribution is 2.17. The largest absolute Gasteiger partial charge is 0.491 e. The van der Waals surface area contributed by atoms with E-state index in [9.17, 15) is 13.2 Å². The molecule has 0 bridgehead atoms. The van der Waals surface area contributed by atoms with Crippen molar-refractivity contribution < 1.29 is 17.9 Å². The highest BCUT2D eigenvalue weighted by Gasteiger charge is 2.23. The number of hydrogen-bond acceptors (Lipinski definition) is 4. The first-order valence-corrected chi connectivity index (χ1v) is 10.2. The zero-order valence-corrected chi connectivity index (χ0v) is 17.0. The van der Waals surface area contributed by atoms with Gasteiger partial charge in [-0.1, -0.05) is 29.3 Å². The summed E-state index contributed by atoms with van der Waals surface area (Å²) >= 11 is 5.78. The molecular formula is C19H23ClN2O4S. The molecule has 8 heteroatoms. The molecule has 0 spiro atoms. The maximum Gasteiger partial charge on any atom is 0.243 e. The molecule has 0 aliphatic rings. The van der Waals surface area contributed by atoms with Crippen LogP contribution in [0.3, 0.4) is 0 Å². The fourth-order valence-corrected chi connectivity index (χ4v) is 3.54. The van der Waals surface area contributed by atoms with Crippen molar-refractivity contribution in [3.63, 3.8) is 0 Å². The molecule has 1 atom stereocenters. The maximum atomic E-state index is 12.5. The van der Waals surface area contributed by atoms with Crippen molar-refractivity contribution >= 4 is 27.5 Å². The number of nitrogens with one attached hydrogen (secondary N) is 1. The molecule has 146 valence electrons. The van der Waals surface area contributed by atoms with Crippen LogP contribution in [0.2, 0.25) is 5.02 Å². The minimum Gasteiger partial charge on any atom is -0.491 e. The number of aryl methyl sites for hydroxylation is 1. The van der Waals surface area contributed by atoms with Crippen LogP contribution in [0.15, 0.2) is 53.4 Å². The summed E-state index contributed by atoms with van der Waals surface area (Å²) in [4.78, 5) is 12.2. The SMILES string of the molecule is Cc1ccc(OC[C@@H](C)NC(=O)CN(C)S(=O)(=O)c2ccc(Cl)cc2)cc1. The van der Waals surface area contributed by atoms with E-state index in [0.29, 0.717) is 10.8 Å². The van der Waals surface area contributed by atoms with Crippen molar-refractivity contribution in [3.05, 3.63) is 59.1 Å². The van der Waals surface area contributed by atoms with Gasteiger partial charge < -0.3 is 10.1 Å². The Morgan fingerprint density at radius 2 is 1.74 bits per heavy atom. The number of carbonyl (C=O) groups is 1. The van der Waals surface area contributed by atoms with Gasteiger partial charge in [0.25, 0.3) is 0 Å². The lowest BCUT2D eigenvalue weighted by atomic mass is 10.2. The van der Waals surface area contributed by atoms with Gasteiger partial charge in [-0.2, -0.15) is 4.31 Å². The normalized spacial score (nSPS) is 12.6. The first kappa shape index (κ1) is 21.2. The first-order chi connectivity index (χ1) is 12.7. The van der Waals surface area contributed by atoms with Crippen molar-refractivity contribution in [1.29, 1.82) is 0 Å². The van der Waals surface area contributed by atoms with Gasteiger partial charge in [0.1, 0.15) is 12.4 Å². The Morgan fingerprint density at radius 1 is 1.15 bits per heavy atom. The minimum atomic E-state index is -3.76. The second-order valence-corrected chi connectivity index (χ2v) is 8.79. The first-order valence-electron chi connectivity index (χ1n) is 8.39. The molecule has 2 aromatic carbocycles. The number of amides is 1. The van der Waals surface area contributed by atoms with Crippen molar-refractivity contribution in [2.75, 3.05) is 20.2 Å². The Morgan fingerprint density at radius 3 is 2.33 bits per heavy atom. The zero-order chi connectivity index (χ0) is 20.0. The Kier molecular flexibility index (Phi) is 7.24. The third-order valence-corrected chi connectivity index (χ3v) is 5.89. The predicted octanol–water partition coefficient (Wildman–Crippen LogP) is 2.85. The van der Waals surface area contributed by atoms with Crippen molar-refractivity contribution in [2.24, 2.45) is 0 Å². The molecule has 0 unspecified atom stereocenters. The van der Waals surface area contributed by atoms with E-state index in [1.807, 2.05) is 31.2 Å². The zero-order valence-electron chi connectivity index (χ0n) is 15.5. The van der Waals surface area contributed by atoms with Gasteiger partial charge in [0, 0.05) is 12.1 Å². The fourth-order valence-electron chi connectivity index (χ4n) is 2.29. The standard InChI is InChI=1S/C19H23ClN2O4S/c1-14-4-8-17(9-5-14)26-13-15(2)21-19(23)12-22(3)27(24,25)18-10-6-16(20)7-11-18/h4-11,15H,12-13H2,1-3H3,(H,21,23)/t15-/m1/s1. The van der Waals surface area contributed by atoms with Crippen LogP contribution in [0.4, 0.5) is 0 Å². The van der Waals surface area contributed by atoms with Crippen LogP contribution >= 0.6 is 11.6 Å². The molecule has 0 heterocycles. The molecule has 0 aliphatic heterocycles. The number of ether oxygens (including phenoxy) is 1. The van der Waals surface area contributed by atoms with E-state index in [2.05, 4.69) is 5.32 Å². The molecular weight excluding hydrogens is 388 g/mol. The van der Waals surface area contributed by atoms with Crippen LogP contribution in [0.1, 0.15) is 12.5 Å². The van der Waals surface area contributed by atoms with E-state index in [-0.39, 0.29) is 24.1 Å². The van der Waals surface area contributed by atoms with E-state index in [1.165, 1.54) is 31.3 Å². The summed E-state index contributed by atoms with van der Waals surface area (Å²) in [6, 6.07) is 13.1. The average molecular weight is 411 g/mol. The summed E-state index contributed by atoms with van der Waals surface area (Å²) in [7, 11) is -2.41. The van der Waals surface area contributed by atoms with Gasteiger partial charge in [-0.15, -0.1) is 0 Å². The number of halogens is 1. The second-order valence-electron chi connectivity index (χ2n) is 6.31. The van der Waals surface area contributed by atoms with E-state index < -0.39 is 15.9 Å². The molecule has 1 amide bonds. The van der Waals surface area contributed by atoms with E-state index >= 15 is 0 Å². The second kappa shape index (κ2) is 9.21. The number of rotatable bonds is 8. The van der Waals surface area contributed by atoms with Crippen LogP contribution in [0.25, 0.3) is 0 Å². The summed E-state index contributed by atoms with van der Waals surface area (Å²) in [5.74, 6) is 0.305. The molecule has 6 nitrogen and oxygen atoms in total. The van der Waals surface area contributed by atoms with Gasteiger partial charge in [0.05, 0.1) is 17.5 Å². The number of sulfonamides is 1. The lowest BCUT2D eigenvalue weighted by Crippen LogP contribution is -2.43. The van der Waals surface area contributed by atoms with Crippen molar-refractivity contribution in [2.45, 2.75) is 24.8 Å². The topological polar surface area (TPSA) is 75.7 Å². The number of carbonyl (C=O) groups excluding carboxylic acids is 1. The summed E-state index contributed by atoms with van der Waals surface area (Å²) in [6.45, 7) is 3.77. The van der Waals surface area contributed by atoms with Gasteiger partial charge in [0.15, 0.2) is 0 Å². The summed E-state index contributed by atoms with van der Waals surface area (Å²) < 4.78 is 31.6. The molecule has 0 aromatic heterocycles. The molecule has 2 aromatic rings. The van der Waals surface area contributed by atoms with Crippen LogP contribution in [-0.2, 0) is 14.8 Å². The number of benzene rings is 2. The number of nitrogens with zero attached hydrogens (tertiary/aromatic N) is 1. The van der Waals surface area contributed by atoms with Crippen LogP contribution in [0.5, 0.6) is 5.75 Å². The van der Waals surface area contributed by atoms with Crippen LogP contribution < -0.4 is 10.1 Å². The fraction of sp³-hybridized carbons (Fsp3) is 0.316. The molecule has 0 aliphatic carbocycles. The van der Waals surface area contributed by atoms with Gasteiger partial charge in [-0.3, -0.25) is 4.79 Å². The lowest BCUT2D eigenvalue weighted by molar-refractivity contribution is -0.121. The Labute approximate surface area is 165 Å². The highest BCUT2D eigenvalue weighted by atomic mass is 35.5. The minimum absolute atomic E-state index is 0.0814. The van der Waals surface area contributed by atoms with Crippen molar-refractivity contribution in [3.8, 4) is 5.75 Å². The predicted molar refractivity (Wildman–Crippen MR) is 106 cm³/mol. The summed E-state index contributed by atoms with van der Waals surface area (Å²) in [5.41, 5.74) is 1.13. The molecule has 0 saturated carbocycles. The van der Waals surface area contributed by atoms with Gasteiger partial charge in [0.2, 0.25) is 15.9 Å². The smallest absolute Gasteiger partial charge is 0.243 e. The lowest BCUT2D eigenvalue weighted by Gasteiger charge is -2.19. The van der Waals surface area contributed by atoms with Gasteiger partial charge in [-0.05, 0) is 50.2 Å². The third-order valence-electron chi connectivity index (χ3n) is 3.82. The van der Waals surface area contributed by atoms with E-state index in [4.69, 9.17) is 16.3 Å². The third kappa shape index (κ3) is 6.23. The van der Waals surface area contributed by atoms with E-state index in [1.54, 1.807) is 6.92 Å². The molecule has 2 rings (SSSR count). The Balaban J connectivity index is 1.86. The number of hydrogen-bond donors (Lipinski definition) is 1. The molecule has 0 fully saturated rings. The summed E-state index contributed by atoms with van der Waals surface area (Å²) in [5, 5.41) is 3.18. The van der Waals surface area contributed by atoms with Crippen molar-refractivity contribution in [1.82, 2.24) is 9.62 Å². The van der Waals surface area contributed by atoms with E-state index in [0.717, 1.165) is 9.87 Å². The average Bonchev–Trinajstić information content (AvgIpc) is 2.61. The number of likely N-dealkylation sites (N-methyl/N-ethyl adjacent to an activating group) is 1. The van der Waals surface area contributed by atoms with Gasteiger partial charge in [-0.25, -0.2) is 8.42 Å². The van der Waals surface area contributed by atoms with Gasteiger partial charge >= 0.3 is 0 Å². The molecule has 0 saturated heterocycles. The maximum absolute atomic E-state index is 12.5. The molecule has 0 radical (unpaired) electrons. The quantitative estimate of drug-likeness (QED) is 0.726. The van der Waals surface area contributed by atoms with Crippen LogP contribution in [0, 0.1) is 6.92 Å². The Bertz CT molecular complexity index is 868. The molecule has 27 heavy (non-hydrogen) atoms. The highest BCUT2D eigenvalue weighted by molar-refractivity contribution is 7.89. The monoisotopic (exact) mass is 410 g/mol.